The molecule has 1 fully saturated rings. The Morgan fingerprint density at radius 1 is 1.38 bits per heavy atom. The van der Waals surface area contributed by atoms with E-state index in [1.807, 2.05) is 0 Å². The lowest BCUT2D eigenvalue weighted by Gasteiger charge is -2.00. The maximum Gasteiger partial charge on any atom is 0.142 e. The Labute approximate surface area is 52.9 Å². The minimum atomic E-state index is -0.155. The lowest BCUT2D eigenvalue weighted by atomic mass is 10.3. The normalized spacial score (nSPS) is 22.0. The molecule has 3 heteroatoms. The summed E-state index contributed by atoms with van der Waals surface area (Å²) >= 11 is -0.155. The fraction of sp³-hybridized carbons (Fsp3) is 1.00. The van der Waals surface area contributed by atoms with Crippen molar-refractivity contribution in [2.45, 2.75) is 31.8 Å². The van der Waals surface area contributed by atoms with Gasteiger partial charge >= 0.3 is 0 Å². The van der Waals surface area contributed by atoms with Crippen LogP contribution in [-0.4, -0.2) is 10.3 Å². The number of hydrogen-bond acceptors (Lipinski definition) is 2. The summed E-state index contributed by atoms with van der Waals surface area (Å²) in [6.07, 6.45) is 4.94. The van der Waals surface area contributed by atoms with Crippen molar-refractivity contribution in [3.63, 3.8) is 0 Å². The van der Waals surface area contributed by atoms with E-state index in [1.165, 1.54) is 12.8 Å². The second kappa shape index (κ2) is 3.20. The van der Waals surface area contributed by atoms with Crippen molar-refractivity contribution in [3.05, 3.63) is 0 Å². The monoisotopic (exact) mass is 134 g/mol. The van der Waals surface area contributed by atoms with Crippen LogP contribution in [0.25, 0.3) is 0 Å². The third-order valence-corrected chi connectivity index (χ3v) is 1.88. The van der Waals surface area contributed by atoms with Gasteiger partial charge in [-0.2, -0.15) is 0 Å². The summed E-state index contributed by atoms with van der Waals surface area (Å²) in [6, 6.07) is 0. The molecule has 0 spiro atoms. The second-order valence-corrected chi connectivity index (χ2v) is 2.45. The summed E-state index contributed by atoms with van der Waals surface area (Å²) in [5.74, 6) is 0. The number of hydrogen-bond donors (Lipinski definition) is 1. The highest BCUT2D eigenvalue weighted by Gasteiger charge is 2.14. The average Bonchev–Trinajstić information content (AvgIpc) is 2.19. The van der Waals surface area contributed by atoms with Crippen LogP contribution < -0.4 is 0 Å². The first-order valence-corrected chi connectivity index (χ1v) is 3.65. The summed E-state index contributed by atoms with van der Waals surface area (Å²) < 4.78 is 14.7. The van der Waals surface area contributed by atoms with Crippen LogP contribution in [0, 0.1) is 0 Å². The van der Waals surface area contributed by atoms with E-state index in [2.05, 4.69) is 0 Å². The predicted octanol–water partition coefficient (Wildman–Crippen LogP) is 0.806. The standard InChI is InChI=1S/C5H10O2S/c6-8-7-5-3-1-2-4-5/h5,8H,1-4H2. The number of rotatable bonds is 2. The Kier molecular flexibility index (Phi) is 2.49. The van der Waals surface area contributed by atoms with E-state index in [-0.39, 0.29) is 18.1 Å². The van der Waals surface area contributed by atoms with Crippen LogP contribution in [0.4, 0.5) is 0 Å². The molecular formula is C5H10O2S. The highest BCUT2D eigenvalue weighted by Crippen LogP contribution is 2.20. The largest absolute Gasteiger partial charge is 0.289 e. The molecule has 8 heavy (non-hydrogen) atoms. The predicted molar refractivity (Wildman–Crippen MR) is 32.9 cm³/mol. The van der Waals surface area contributed by atoms with Crippen LogP contribution in [-0.2, 0) is 16.1 Å². The van der Waals surface area contributed by atoms with E-state index >= 15 is 0 Å². The molecule has 48 valence electrons. The first-order chi connectivity index (χ1) is 3.93. The van der Waals surface area contributed by atoms with Gasteiger partial charge in [0, 0.05) is 0 Å². The summed E-state index contributed by atoms with van der Waals surface area (Å²) in [7, 11) is 0. The van der Waals surface area contributed by atoms with Gasteiger partial charge in [0.1, 0.15) is 11.9 Å². The molecule has 2 nitrogen and oxygen atoms in total. The van der Waals surface area contributed by atoms with Crippen molar-refractivity contribution < 1.29 is 8.39 Å². The van der Waals surface area contributed by atoms with Crippen LogP contribution in [0.1, 0.15) is 25.7 Å². The molecule has 0 heterocycles. The molecule has 0 saturated heterocycles. The fourth-order valence-electron chi connectivity index (χ4n) is 1.05. The van der Waals surface area contributed by atoms with Gasteiger partial charge in [-0.05, 0) is 12.8 Å². The van der Waals surface area contributed by atoms with Gasteiger partial charge in [-0.1, -0.05) is 12.8 Å². The van der Waals surface area contributed by atoms with Crippen LogP contribution in [0.15, 0.2) is 0 Å². The van der Waals surface area contributed by atoms with Gasteiger partial charge in [-0.15, -0.1) is 0 Å². The zero-order valence-electron chi connectivity index (χ0n) is 4.67. The van der Waals surface area contributed by atoms with Crippen LogP contribution in [0.2, 0.25) is 0 Å². The van der Waals surface area contributed by atoms with E-state index in [0.29, 0.717) is 0 Å². The van der Waals surface area contributed by atoms with Gasteiger partial charge in [0.2, 0.25) is 0 Å². The minimum Gasteiger partial charge on any atom is -0.289 e. The number of thiol groups is 1. The van der Waals surface area contributed by atoms with Crippen molar-refractivity contribution >= 4 is 11.9 Å². The Morgan fingerprint density at radius 2 is 2.00 bits per heavy atom. The van der Waals surface area contributed by atoms with Crippen LogP contribution in [0.3, 0.4) is 0 Å². The van der Waals surface area contributed by atoms with Gasteiger partial charge < -0.3 is 0 Å². The highest BCUT2D eigenvalue weighted by molar-refractivity contribution is 7.60. The van der Waals surface area contributed by atoms with Gasteiger partial charge in [0.05, 0.1) is 6.10 Å². The molecule has 0 bridgehead atoms. The molecule has 1 rings (SSSR count). The van der Waals surface area contributed by atoms with Gasteiger partial charge in [-0.3, -0.25) is 4.18 Å². The molecular weight excluding hydrogens is 124 g/mol. The third-order valence-electron chi connectivity index (χ3n) is 1.49. The average molecular weight is 134 g/mol. The molecule has 0 radical (unpaired) electrons. The Hall–Kier alpha value is 0.110. The third kappa shape index (κ3) is 1.56. The Bertz CT molecular complexity index is 78.5. The quantitative estimate of drug-likeness (QED) is 0.565. The van der Waals surface area contributed by atoms with Crippen molar-refractivity contribution in [2.24, 2.45) is 0 Å². The molecule has 1 aliphatic carbocycles. The molecule has 0 amide bonds. The maximum absolute atomic E-state index is 9.84. The van der Waals surface area contributed by atoms with Crippen molar-refractivity contribution in [3.8, 4) is 0 Å². The van der Waals surface area contributed by atoms with E-state index in [1.54, 1.807) is 0 Å². The molecule has 0 aliphatic heterocycles. The zero-order chi connectivity index (χ0) is 5.82. The van der Waals surface area contributed by atoms with Crippen molar-refractivity contribution in [2.75, 3.05) is 0 Å². The topological polar surface area (TPSA) is 26.3 Å². The zero-order valence-corrected chi connectivity index (χ0v) is 5.56. The van der Waals surface area contributed by atoms with Crippen LogP contribution in [0.5, 0.6) is 0 Å². The second-order valence-electron chi connectivity index (χ2n) is 2.09. The molecule has 0 atom stereocenters. The molecule has 0 unspecified atom stereocenters. The minimum absolute atomic E-state index is 0.155. The van der Waals surface area contributed by atoms with Crippen molar-refractivity contribution in [1.82, 2.24) is 0 Å². The Morgan fingerprint density at radius 3 is 2.50 bits per heavy atom. The molecule has 1 aliphatic rings. The van der Waals surface area contributed by atoms with E-state index < -0.39 is 0 Å². The SMILES string of the molecule is O=[SH]OC1CCCC1. The highest BCUT2D eigenvalue weighted by atomic mass is 32.2. The molecule has 0 aromatic carbocycles. The first-order valence-electron chi connectivity index (χ1n) is 2.92. The van der Waals surface area contributed by atoms with Crippen LogP contribution >= 0.6 is 0 Å². The molecule has 0 aromatic heterocycles. The van der Waals surface area contributed by atoms with Gasteiger partial charge in [-0.25, -0.2) is 4.21 Å². The molecule has 0 aromatic rings. The maximum atomic E-state index is 9.84. The fourth-order valence-corrected chi connectivity index (χ4v) is 1.39. The Balaban J connectivity index is 2.14. The van der Waals surface area contributed by atoms with E-state index in [4.69, 9.17) is 4.18 Å². The first kappa shape index (κ1) is 6.23. The molecule has 0 N–H and O–H groups in total. The van der Waals surface area contributed by atoms with Gasteiger partial charge in [0.15, 0.2) is 0 Å². The summed E-state index contributed by atoms with van der Waals surface area (Å²) in [4.78, 5) is 0. The van der Waals surface area contributed by atoms with E-state index in [0.717, 1.165) is 12.8 Å². The summed E-state index contributed by atoms with van der Waals surface area (Å²) in [5.41, 5.74) is 0. The molecule has 1 saturated carbocycles. The van der Waals surface area contributed by atoms with Gasteiger partial charge in [0.25, 0.3) is 0 Å². The summed E-state index contributed by atoms with van der Waals surface area (Å²) in [6.45, 7) is 0. The smallest absolute Gasteiger partial charge is 0.142 e. The summed E-state index contributed by atoms with van der Waals surface area (Å²) in [5, 5.41) is 0. The van der Waals surface area contributed by atoms with Crippen molar-refractivity contribution in [1.29, 1.82) is 0 Å². The lowest BCUT2D eigenvalue weighted by molar-refractivity contribution is 0.242. The van der Waals surface area contributed by atoms with E-state index in [9.17, 15) is 4.21 Å². The lowest BCUT2D eigenvalue weighted by Crippen LogP contribution is -2.02.